The summed E-state index contributed by atoms with van der Waals surface area (Å²) in [5.74, 6) is -1.07. The van der Waals surface area contributed by atoms with E-state index in [2.05, 4.69) is 5.32 Å². The van der Waals surface area contributed by atoms with Gasteiger partial charge in [-0.1, -0.05) is 86.7 Å². The first-order valence-corrected chi connectivity index (χ1v) is 11.4. The van der Waals surface area contributed by atoms with Crippen LogP contribution in [0.15, 0.2) is 108 Å². The SMILES string of the molecule is CC.O=C(/C=C/C1=CC=C(CN(Cc2ccccc2)C(=O)NC(=O)c2ccccc2)CC=C1)NO. The third kappa shape index (κ3) is 9.27. The summed E-state index contributed by atoms with van der Waals surface area (Å²) >= 11 is 0. The summed E-state index contributed by atoms with van der Waals surface area (Å²) in [6.45, 7) is 4.65. The molecule has 35 heavy (non-hydrogen) atoms. The van der Waals surface area contributed by atoms with E-state index in [4.69, 9.17) is 5.21 Å². The molecule has 2 aromatic rings. The maximum Gasteiger partial charge on any atom is 0.324 e. The van der Waals surface area contributed by atoms with Crippen LogP contribution in [-0.2, 0) is 11.3 Å². The van der Waals surface area contributed by atoms with Crippen molar-refractivity contribution in [1.82, 2.24) is 15.7 Å². The van der Waals surface area contributed by atoms with Crippen molar-refractivity contribution in [2.24, 2.45) is 0 Å². The second-order valence-electron chi connectivity index (χ2n) is 7.37. The number of amides is 4. The van der Waals surface area contributed by atoms with Crippen molar-refractivity contribution in [2.45, 2.75) is 26.8 Å². The molecule has 182 valence electrons. The zero-order valence-corrected chi connectivity index (χ0v) is 20.0. The Balaban J connectivity index is 0.00000210. The Hall–Kier alpha value is -4.23. The van der Waals surface area contributed by atoms with Gasteiger partial charge in [0.05, 0.1) is 0 Å². The highest BCUT2D eigenvalue weighted by atomic mass is 16.5. The Morgan fingerprint density at radius 2 is 1.60 bits per heavy atom. The zero-order chi connectivity index (χ0) is 25.5. The first kappa shape index (κ1) is 27.0. The van der Waals surface area contributed by atoms with Crippen LogP contribution < -0.4 is 10.8 Å². The van der Waals surface area contributed by atoms with Crippen LogP contribution >= 0.6 is 0 Å². The number of imide groups is 1. The summed E-state index contributed by atoms with van der Waals surface area (Å²) in [6.07, 6.45) is 10.9. The fourth-order valence-electron chi connectivity index (χ4n) is 3.21. The van der Waals surface area contributed by atoms with Crippen LogP contribution in [0.4, 0.5) is 4.79 Å². The molecule has 3 rings (SSSR count). The summed E-state index contributed by atoms with van der Waals surface area (Å²) in [5.41, 5.74) is 4.63. The van der Waals surface area contributed by atoms with Crippen LogP contribution in [0.2, 0.25) is 0 Å². The molecule has 3 N–H and O–H groups in total. The van der Waals surface area contributed by atoms with Crippen LogP contribution in [0, 0.1) is 0 Å². The number of hydrogen-bond acceptors (Lipinski definition) is 4. The molecule has 0 spiro atoms. The number of hydroxylamine groups is 1. The van der Waals surface area contributed by atoms with E-state index in [1.165, 1.54) is 6.08 Å². The van der Waals surface area contributed by atoms with Crippen LogP contribution in [0.5, 0.6) is 0 Å². The van der Waals surface area contributed by atoms with Gasteiger partial charge in [-0.05, 0) is 41.3 Å². The van der Waals surface area contributed by atoms with E-state index in [1.54, 1.807) is 46.8 Å². The predicted molar refractivity (Wildman–Crippen MR) is 136 cm³/mol. The van der Waals surface area contributed by atoms with E-state index in [1.807, 2.05) is 68.5 Å². The Kier molecular flexibility index (Phi) is 11.4. The number of benzene rings is 2. The number of carbonyl (C=O) groups excluding carboxylic acids is 3. The maximum absolute atomic E-state index is 13.0. The summed E-state index contributed by atoms with van der Waals surface area (Å²) in [4.78, 5) is 38.3. The molecule has 4 amide bonds. The predicted octanol–water partition coefficient (Wildman–Crippen LogP) is 4.94. The van der Waals surface area contributed by atoms with Gasteiger partial charge >= 0.3 is 6.03 Å². The molecular weight excluding hydrogens is 442 g/mol. The monoisotopic (exact) mass is 473 g/mol. The lowest BCUT2D eigenvalue weighted by Crippen LogP contribution is -2.43. The van der Waals surface area contributed by atoms with Crippen molar-refractivity contribution >= 4 is 17.8 Å². The van der Waals surface area contributed by atoms with Gasteiger partial charge in [-0.15, -0.1) is 0 Å². The molecule has 0 unspecified atom stereocenters. The van der Waals surface area contributed by atoms with Gasteiger partial charge in [0.2, 0.25) is 0 Å². The van der Waals surface area contributed by atoms with Crippen molar-refractivity contribution in [3.05, 3.63) is 119 Å². The molecule has 2 aromatic carbocycles. The molecule has 0 fully saturated rings. The summed E-state index contributed by atoms with van der Waals surface area (Å²) < 4.78 is 0. The standard InChI is InChI=1S/C26H25N3O4.C2H6/c30-24(28-33)17-16-20-10-7-11-22(15-14-20)19-29(18-21-8-3-1-4-9-21)26(32)27-25(31)23-12-5-2-6-13-23;1-2/h1-10,12-17,33H,11,18-19H2,(H,28,30)(H,27,31,32);1-2H3/b17-16+;. The van der Waals surface area contributed by atoms with E-state index in [-0.39, 0.29) is 0 Å². The van der Waals surface area contributed by atoms with Gasteiger partial charge in [0.25, 0.3) is 11.8 Å². The Morgan fingerprint density at radius 3 is 2.26 bits per heavy atom. The van der Waals surface area contributed by atoms with Crippen LogP contribution in [0.3, 0.4) is 0 Å². The Morgan fingerprint density at radius 1 is 0.943 bits per heavy atom. The van der Waals surface area contributed by atoms with Gasteiger partial charge < -0.3 is 4.90 Å². The second-order valence-corrected chi connectivity index (χ2v) is 7.37. The average Bonchev–Trinajstić information content (AvgIpc) is 3.14. The number of rotatable bonds is 7. The van der Waals surface area contributed by atoms with Gasteiger partial charge in [0.15, 0.2) is 0 Å². The molecule has 7 nitrogen and oxygen atoms in total. The van der Waals surface area contributed by atoms with Crippen LogP contribution in [-0.4, -0.2) is 34.5 Å². The van der Waals surface area contributed by atoms with Crippen LogP contribution in [0.25, 0.3) is 0 Å². The van der Waals surface area contributed by atoms with Crippen molar-refractivity contribution in [2.75, 3.05) is 6.54 Å². The topological polar surface area (TPSA) is 98.7 Å². The largest absolute Gasteiger partial charge is 0.324 e. The number of nitrogens with zero attached hydrogens (tertiary/aromatic N) is 1. The summed E-state index contributed by atoms with van der Waals surface area (Å²) in [6, 6.07) is 17.7. The highest BCUT2D eigenvalue weighted by Crippen LogP contribution is 2.16. The highest BCUT2D eigenvalue weighted by molar-refractivity contribution is 6.04. The average molecular weight is 474 g/mol. The lowest BCUT2D eigenvalue weighted by atomic mass is 10.1. The quantitative estimate of drug-likeness (QED) is 0.301. The minimum absolute atomic E-state index is 0.317. The molecule has 1 aliphatic rings. The molecule has 7 heteroatoms. The van der Waals surface area contributed by atoms with E-state index in [9.17, 15) is 14.4 Å². The number of hydrogen-bond donors (Lipinski definition) is 3. The van der Waals surface area contributed by atoms with Gasteiger partial charge in [-0.25, -0.2) is 10.3 Å². The maximum atomic E-state index is 13.0. The van der Waals surface area contributed by atoms with Gasteiger partial charge in [-0.2, -0.15) is 0 Å². The number of allylic oxidation sites excluding steroid dienone is 6. The fourth-order valence-corrected chi connectivity index (χ4v) is 3.21. The first-order valence-electron chi connectivity index (χ1n) is 11.4. The van der Waals surface area contributed by atoms with Crippen molar-refractivity contribution in [3.63, 3.8) is 0 Å². The summed E-state index contributed by atoms with van der Waals surface area (Å²) in [7, 11) is 0. The lowest BCUT2D eigenvalue weighted by molar-refractivity contribution is -0.124. The Labute approximate surface area is 206 Å². The Bertz CT molecular complexity index is 1100. The van der Waals surface area contributed by atoms with E-state index >= 15 is 0 Å². The zero-order valence-electron chi connectivity index (χ0n) is 20.0. The molecule has 0 saturated carbocycles. The molecular formula is C28H31N3O4. The first-order chi connectivity index (χ1) is 17.0. The molecule has 0 aliphatic heterocycles. The molecule has 0 radical (unpaired) electrons. The third-order valence-corrected chi connectivity index (χ3v) is 4.89. The van der Waals surface area contributed by atoms with Gasteiger partial charge in [0.1, 0.15) is 0 Å². The minimum Gasteiger partial charge on any atom is -0.316 e. The molecule has 1 aliphatic carbocycles. The molecule has 0 saturated heterocycles. The fraction of sp³-hybridized carbons (Fsp3) is 0.179. The second kappa shape index (κ2) is 14.8. The van der Waals surface area contributed by atoms with Crippen molar-refractivity contribution < 1.29 is 19.6 Å². The van der Waals surface area contributed by atoms with Gasteiger partial charge in [-0.3, -0.25) is 20.1 Å². The van der Waals surface area contributed by atoms with Crippen LogP contribution in [0.1, 0.15) is 36.2 Å². The normalized spacial score (nSPS) is 12.4. The van der Waals surface area contributed by atoms with E-state index < -0.39 is 17.8 Å². The minimum atomic E-state index is -0.619. The lowest BCUT2D eigenvalue weighted by Gasteiger charge is -2.24. The third-order valence-electron chi connectivity index (χ3n) is 4.89. The molecule has 0 atom stereocenters. The highest BCUT2D eigenvalue weighted by Gasteiger charge is 2.19. The van der Waals surface area contributed by atoms with E-state index in [0.717, 1.165) is 16.7 Å². The number of carbonyl (C=O) groups is 3. The van der Waals surface area contributed by atoms with Crippen molar-refractivity contribution in [3.8, 4) is 0 Å². The van der Waals surface area contributed by atoms with Gasteiger partial charge in [0, 0.05) is 24.7 Å². The van der Waals surface area contributed by atoms with Crippen molar-refractivity contribution in [1.29, 1.82) is 0 Å². The molecule has 0 aromatic heterocycles. The number of urea groups is 1. The smallest absolute Gasteiger partial charge is 0.316 e. The number of nitrogens with one attached hydrogen (secondary N) is 2. The van der Waals surface area contributed by atoms with E-state index in [0.29, 0.717) is 25.1 Å². The molecule has 0 bridgehead atoms. The summed E-state index contributed by atoms with van der Waals surface area (Å²) in [5, 5.41) is 11.1. The molecule has 0 heterocycles.